The zero-order chi connectivity index (χ0) is 12.4. The SMILES string of the molecule is C=C(CCCC)C(=O)OCCN(CC)CC. The maximum atomic E-state index is 11.5. The fourth-order valence-corrected chi connectivity index (χ4v) is 1.40. The van der Waals surface area contributed by atoms with Crippen LogP contribution in [0.25, 0.3) is 0 Å². The molecule has 0 bridgehead atoms. The summed E-state index contributed by atoms with van der Waals surface area (Å²) in [7, 11) is 0. The summed E-state index contributed by atoms with van der Waals surface area (Å²) in [4.78, 5) is 13.7. The van der Waals surface area contributed by atoms with E-state index in [9.17, 15) is 4.79 Å². The Morgan fingerprint density at radius 3 is 2.38 bits per heavy atom. The molecule has 0 fully saturated rings. The monoisotopic (exact) mass is 227 g/mol. The summed E-state index contributed by atoms with van der Waals surface area (Å²) < 4.78 is 5.15. The molecule has 0 rings (SSSR count). The van der Waals surface area contributed by atoms with Gasteiger partial charge in [-0.3, -0.25) is 0 Å². The van der Waals surface area contributed by atoms with E-state index in [1.165, 1.54) is 0 Å². The summed E-state index contributed by atoms with van der Waals surface area (Å²) in [5, 5.41) is 0. The lowest BCUT2D eigenvalue weighted by Gasteiger charge is -2.17. The van der Waals surface area contributed by atoms with E-state index in [2.05, 4.69) is 32.3 Å². The normalized spacial score (nSPS) is 10.5. The van der Waals surface area contributed by atoms with Crippen molar-refractivity contribution in [2.45, 2.75) is 40.0 Å². The highest BCUT2D eigenvalue weighted by atomic mass is 16.5. The van der Waals surface area contributed by atoms with Crippen LogP contribution in [0.15, 0.2) is 12.2 Å². The van der Waals surface area contributed by atoms with Crippen LogP contribution in [0.2, 0.25) is 0 Å². The Morgan fingerprint density at radius 1 is 1.25 bits per heavy atom. The van der Waals surface area contributed by atoms with Crippen LogP contribution in [-0.2, 0) is 9.53 Å². The van der Waals surface area contributed by atoms with E-state index < -0.39 is 0 Å². The summed E-state index contributed by atoms with van der Waals surface area (Å²) >= 11 is 0. The standard InChI is InChI=1S/C13H25NO2/c1-5-8-9-12(4)13(15)16-11-10-14(6-2)7-3/h4-11H2,1-3H3. The molecule has 3 heteroatoms. The number of hydrogen-bond acceptors (Lipinski definition) is 3. The van der Waals surface area contributed by atoms with Crippen LogP contribution in [0.5, 0.6) is 0 Å². The quantitative estimate of drug-likeness (QED) is 0.448. The van der Waals surface area contributed by atoms with E-state index in [-0.39, 0.29) is 5.97 Å². The van der Waals surface area contributed by atoms with E-state index in [1.807, 2.05) is 0 Å². The van der Waals surface area contributed by atoms with Crippen molar-refractivity contribution in [2.75, 3.05) is 26.2 Å². The Kier molecular flexibility index (Phi) is 8.91. The molecule has 0 atom stereocenters. The zero-order valence-corrected chi connectivity index (χ0v) is 10.9. The molecule has 3 nitrogen and oxygen atoms in total. The minimum absolute atomic E-state index is 0.236. The molecular formula is C13H25NO2. The molecule has 0 aromatic rings. The van der Waals surface area contributed by atoms with Crippen molar-refractivity contribution in [3.63, 3.8) is 0 Å². The number of esters is 1. The van der Waals surface area contributed by atoms with Gasteiger partial charge in [-0.1, -0.05) is 33.8 Å². The predicted molar refractivity (Wildman–Crippen MR) is 67.4 cm³/mol. The molecule has 0 N–H and O–H groups in total. The fraction of sp³-hybridized carbons (Fsp3) is 0.769. The summed E-state index contributed by atoms with van der Waals surface area (Å²) in [6, 6.07) is 0. The van der Waals surface area contributed by atoms with Gasteiger partial charge in [-0.2, -0.15) is 0 Å². The minimum atomic E-state index is -0.236. The van der Waals surface area contributed by atoms with Gasteiger partial charge in [0, 0.05) is 12.1 Å². The average Bonchev–Trinajstić information content (AvgIpc) is 2.31. The van der Waals surface area contributed by atoms with Gasteiger partial charge < -0.3 is 9.64 Å². The van der Waals surface area contributed by atoms with Crippen molar-refractivity contribution >= 4 is 5.97 Å². The number of ether oxygens (including phenoxy) is 1. The van der Waals surface area contributed by atoms with Crippen LogP contribution in [0.1, 0.15) is 40.0 Å². The van der Waals surface area contributed by atoms with Crippen LogP contribution < -0.4 is 0 Å². The molecule has 0 spiro atoms. The maximum absolute atomic E-state index is 11.5. The third kappa shape index (κ3) is 6.62. The maximum Gasteiger partial charge on any atom is 0.333 e. The highest BCUT2D eigenvalue weighted by molar-refractivity contribution is 5.87. The molecule has 94 valence electrons. The molecule has 0 aromatic carbocycles. The van der Waals surface area contributed by atoms with E-state index in [0.717, 1.165) is 38.9 Å². The summed E-state index contributed by atoms with van der Waals surface area (Å²) in [6.07, 6.45) is 2.83. The van der Waals surface area contributed by atoms with Crippen molar-refractivity contribution in [1.29, 1.82) is 0 Å². The van der Waals surface area contributed by atoms with E-state index in [1.54, 1.807) is 0 Å². The molecule has 16 heavy (non-hydrogen) atoms. The zero-order valence-electron chi connectivity index (χ0n) is 10.9. The van der Waals surface area contributed by atoms with Gasteiger partial charge in [0.05, 0.1) is 0 Å². The average molecular weight is 227 g/mol. The highest BCUT2D eigenvalue weighted by Gasteiger charge is 2.08. The van der Waals surface area contributed by atoms with Gasteiger partial charge in [-0.25, -0.2) is 4.79 Å². The molecule has 0 radical (unpaired) electrons. The van der Waals surface area contributed by atoms with Gasteiger partial charge >= 0.3 is 5.97 Å². The highest BCUT2D eigenvalue weighted by Crippen LogP contribution is 2.06. The molecule has 0 saturated heterocycles. The molecule has 0 aliphatic heterocycles. The van der Waals surface area contributed by atoms with Crippen molar-refractivity contribution in [3.8, 4) is 0 Å². The molecule has 0 unspecified atom stereocenters. The van der Waals surface area contributed by atoms with E-state index in [0.29, 0.717) is 12.2 Å². The smallest absolute Gasteiger partial charge is 0.333 e. The molecule has 0 aliphatic rings. The lowest BCUT2D eigenvalue weighted by Crippen LogP contribution is -2.28. The van der Waals surface area contributed by atoms with Crippen LogP contribution >= 0.6 is 0 Å². The number of unbranched alkanes of at least 4 members (excludes halogenated alkanes) is 1. The first kappa shape index (κ1) is 15.2. The molecule has 0 amide bonds. The van der Waals surface area contributed by atoms with Gasteiger partial charge in [0.15, 0.2) is 0 Å². The van der Waals surface area contributed by atoms with E-state index in [4.69, 9.17) is 4.74 Å². The van der Waals surface area contributed by atoms with Gasteiger partial charge in [0.1, 0.15) is 6.61 Å². The largest absolute Gasteiger partial charge is 0.461 e. The number of carbonyl (C=O) groups excluding carboxylic acids is 1. The second kappa shape index (κ2) is 9.40. The Hall–Kier alpha value is -0.830. The number of hydrogen-bond donors (Lipinski definition) is 0. The molecule has 0 aromatic heterocycles. The van der Waals surface area contributed by atoms with Crippen molar-refractivity contribution in [1.82, 2.24) is 4.90 Å². The molecule has 0 saturated carbocycles. The van der Waals surface area contributed by atoms with Crippen LogP contribution in [0.4, 0.5) is 0 Å². The van der Waals surface area contributed by atoms with Crippen molar-refractivity contribution in [3.05, 3.63) is 12.2 Å². The fourth-order valence-electron chi connectivity index (χ4n) is 1.40. The first-order chi connectivity index (χ1) is 7.65. The predicted octanol–water partition coefficient (Wildman–Crippen LogP) is 2.62. The van der Waals surface area contributed by atoms with Gasteiger partial charge in [0.25, 0.3) is 0 Å². The third-order valence-electron chi connectivity index (χ3n) is 2.66. The summed E-state index contributed by atoms with van der Waals surface area (Å²) in [6.45, 7) is 13.3. The topological polar surface area (TPSA) is 29.5 Å². The first-order valence-corrected chi connectivity index (χ1v) is 6.22. The van der Waals surface area contributed by atoms with Crippen molar-refractivity contribution in [2.24, 2.45) is 0 Å². The van der Waals surface area contributed by atoms with Crippen LogP contribution in [0, 0.1) is 0 Å². The summed E-state index contributed by atoms with van der Waals surface area (Å²) in [5.41, 5.74) is 0.599. The Morgan fingerprint density at radius 2 is 1.88 bits per heavy atom. The number of rotatable bonds is 9. The lowest BCUT2D eigenvalue weighted by atomic mass is 10.1. The van der Waals surface area contributed by atoms with Crippen molar-refractivity contribution < 1.29 is 9.53 Å². The summed E-state index contributed by atoms with van der Waals surface area (Å²) in [5.74, 6) is -0.236. The lowest BCUT2D eigenvalue weighted by molar-refractivity contribution is -0.139. The molecule has 0 heterocycles. The van der Waals surface area contributed by atoms with E-state index >= 15 is 0 Å². The van der Waals surface area contributed by atoms with Crippen LogP contribution in [-0.4, -0.2) is 37.1 Å². The minimum Gasteiger partial charge on any atom is -0.461 e. The van der Waals surface area contributed by atoms with Gasteiger partial charge in [-0.15, -0.1) is 0 Å². The molecule has 0 aliphatic carbocycles. The van der Waals surface area contributed by atoms with Crippen LogP contribution in [0.3, 0.4) is 0 Å². The van der Waals surface area contributed by atoms with Gasteiger partial charge in [0.2, 0.25) is 0 Å². The second-order valence-electron chi connectivity index (χ2n) is 3.87. The Labute approximate surface area is 99.5 Å². The Balaban J connectivity index is 3.68. The first-order valence-electron chi connectivity index (χ1n) is 6.22. The number of nitrogens with zero attached hydrogens (tertiary/aromatic N) is 1. The molecular weight excluding hydrogens is 202 g/mol. The number of carbonyl (C=O) groups is 1. The Bertz CT molecular complexity index is 210. The second-order valence-corrected chi connectivity index (χ2v) is 3.87. The number of likely N-dealkylation sites (N-methyl/N-ethyl adjacent to an activating group) is 1. The van der Waals surface area contributed by atoms with Gasteiger partial charge in [-0.05, 0) is 25.9 Å². The third-order valence-corrected chi connectivity index (χ3v) is 2.66.